The lowest BCUT2D eigenvalue weighted by Gasteiger charge is -2.52. The van der Waals surface area contributed by atoms with Gasteiger partial charge in [0.1, 0.15) is 29.9 Å². The molecular weight excluding hydrogens is 264 g/mol. The summed E-state index contributed by atoms with van der Waals surface area (Å²) in [7, 11) is 0. The van der Waals surface area contributed by atoms with Crippen molar-refractivity contribution in [2.24, 2.45) is 5.92 Å². The van der Waals surface area contributed by atoms with E-state index in [1.54, 1.807) is 11.0 Å². The van der Waals surface area contributed by atoms with Crippen molar-refractivity contribution in [3.63, 3.8) is 0 Å². The van der Waals surface area contributed by atoms with Crippen molar-refractivity contribution in [3.05, 3.63) is 48.1 Å². The Kier molecular flexibility index (Phi) is 3.05. The van der Waals surface area contributed by atoms with E-state index in [0.717, 1.165) is 6.07 Å². The predicted molar refractivity (Wildman–Crippen MR) is 67.8 cm³/mol. The van der Waals surface area contributed by atoms with E-state index in [0.29, 0.717) is 12.1 Å². The monoisotopic (exact) mass is 279 g/mol. The average molecular weight is 279 g/mol. The highest BCUT2D eigenvalue weighted by molar-refractivity contribution is 5.29. The van der Waals surface area contributed by atoms with Crippen LogP contribution >= 0.6 is 0 Å². The van der Waals surface area contributed by atoms with Gasteiger partial charge >= 0.3 is 0 Å². The molecule has 1 saturated heterocycles. The van der Waals surface area contributed by atoms with E-state index < -0.39 is 17.2 Å². The lowest BCUT2D eigenvalue weighted by atomic mass is 9.73. The highest BCUT2D eigenvalue weighted by atomic mass is 19.1. The van der Waals surface area contributed by atoms with Crippen LogP contribution < -0.4 is 0 Å². The number of aromatic nitrogens is 3. The minimum absolute atomic E-state index is 0.0166. The second-order valence-corrected chi connectivity index (χ2v) is 5.22. The Balaban J connectivity index is 2.02. The molecule has 0 amide bonds. The molecule has 2 heterocycles. The first kappa shape index (κ1) is 13.2. The minimum atomic E-state index is -0.828. The van der Waals surface area contributed by atoms with Gasteiger partial charge in [0, 0.05) is 17.5 Å². The van der Waals surface area contributed by atoms with E-state index in [1.165, 1.54) is 18.5 Å². The fourth-order valence-corrected chi connectivity index (χ4v) is 2.81. The van der Waals surface area contributed by atoms with Crippen LogP contribution in [0.25, 0.3) is 0 Å². The van der Waals surface area contributed by atoms with Crippen LogP contribution in [0.15, 0.2) is 30.9 Å². The number of benzene rings is 1. The van der Waals surface area contributed by atoms with Crippen LogP contribution in [-0.4, -0.2) is 20.9 Å². The van der Waals surface area contributed by atoms with Gasteiger partial charge in [-0.2, -0.15) is 5.10 Å². The van der Waals surface area contributed by atoms with Gasteiger partial charge < -0.3 is 4.74 Å². The molecule has 1 aliphatic rings. The number of rotatable bonds is 3. The third-order valence-electron chi connectivity index (χ3n) is 4.09. The molecule has 0 spiro atoms. The normalized spacial score (nSPS) is 29.2. The van der Waals surface area contributed by atoms with Crippen molar-refractivity contribution >= 4 is 0 Å². The maximum absolute atomic E-state index is 14.1. The highest BCUT2D eigenvalue weighted by Gasteiger charge is 2.53. The Bertz CT molecular complexity index is 617. The van der Waals surface area contributed by atoms with Crippen LogP contribution in [0.2, 0.25) is 0 Å². The Morgan fingerprint density at radius 1 is 1.35 bits per heavy atom. The molecule has 20 heavy (non-hydrogen) atoms. The summed E-state index contributed by atoms with van der Waals surface area (Å²) < 4.78 is 34.7. The van der Waals surface area contributed by atoms with Gasteiger partial charge in [-0.15, -0.1) is 0 Å². The zero-order valence-corrected chi connectivity index (χ0v) is 11.3. The van der Waals surface area contributed by atoms with Crippen LogP contribution in [0.5, 0.6) is 0 Å². The molecule has 106 valence electrons. The summed E-state index contributed by atoms with van der Waals surface area (Å²) in [6.45, 7) is 4.28. The fraction of sp³-hybridized carbons (Fsp3) is 0.429. The molecule has 0 N–H and O–H groups in total. The van der Waals surface area contributed by atoms with Crippen molar-refractivity contribution in [1.82, 2.24) is 14.8 Å². The number of ether oxygens (including phenoxy) is 1. The molecule has 3 rings (SSSR count). The Morgan fingerprint density at radius 2 is 2.15 bits per heavy atom. The number of nitrogens with zero attached hydrogens (tertiary/aromatic N) is 3. The topological polar surface area (TPSA) is 39.9 Å². The van der Waals surface area contributed by atoms with Crippen molar-refractivity contribution in [2.45, 2.75) is 32.1 Å². The summed E-state index contributed by atoms with van der Waals surface area (Å²) in [5.41, 5.74) is -0.467. The smallest absolute Gasteiger partial charge is 0.137 e. The van der Waals surface area contributed by atoms with Gasteiger partial charge in [-0.1, -0.05) is 13.0 Å². The van der Waals surface area contributed by atoms with Crippen LogP contribution in [0.4, 0.5) is 8.78 Å². The number of hydrogen-bond acceptors (Lipinski definition) is 3. The first-order valence-corrected chi connectivity index (χ1v) is 6.49. The van der Waals surface area contributed by atoms with Gasteiger partial charge in [0.05, 0.1) is 12.6 Å². The molecule has 1 aromatic carbocycles. The second-order valence-electron chi connectivity index (χ2n) is 5.22. The maximum Gasteiger partial charge on any atom is 0.137 e. The van der Waals surface area contributed by atoms with E-state index >= 15 is 0 Å². The fourth-order valence-electron chi connectivity index (χ4n) is 2.81. The van der Waals surface area contributed by atoms with Crippen LogP contribution in [0.1, 0.15) is 19.4 Å². The molecule has 4 nitrogen and oxygen atoms in total. The first-order chi connectivity index (χ1) is 9.53. The predicted octanol–water partition coefficient (Wildman–Crippen LogP) is 2.51. The Hall–Kier alpha value is -1.82. The lowest BCUT2D eigenvalue weighted by Crippen LogP contribution is -2.57. The molecule has 0 aliphatic carbocycles. The summed E-state index contributed by atoms with van der Waals surface area (Å²) in [6.07, 6.45) is 2.99. The van der Waals surface area contributed by atoms with Crippen molar-refractivity contribution in [3.8, 4) is 0 Å². The minimum Gasteiger partial charge on any atom is -0.364 e. The van der Waals surface area contributed by atoms with E-state index in [1.807, 2.05) is 13.8 Å². The highest BCUT2D eigenvalue weighted by Crippen LogP contribution is 2.48. The van der Waals surface area contributed by atoms with Gasteiger partial charge in [0.25, 0.3) is 0 Å². The van der Waals surface area contributed by atoms with Gasteiger partial charge in [-0.25, -0.2) is 18.4 Å². The maximum atomic E-state index is 14.1. The van der Waals surface area contributed by atoms with Crippen LogP contribution in [0.3, 0.4) is 0 Å². The largest absolute Gasteiger partial charge is 0.364 e. The molecule has 0 radical (unpaired) electrons. The van der Waals surface area contributed by atoms with E-state index in [4.69, 9.17) is 4.74 Å². The van der Waals surface area contributed by atoms with Crippen LogP contribution in [0, 0.1) is 17.6 Å². The molecule has 2 aromatic rings. The molecule has 6 heteroatoms. The lowest BCUT2D eigenvalue weighted by molar-refractivity contribution is -0.265. The molecule has 3 atom stereocenters. The summed E-state index contributed by atoms with van der Waals surface area (Å²) in [6, 6.07) is 3.59. The molecule has 1 aromatic heterocycles. The van der Waals surface area contributed by atoms with E-state index in [2.05, 4.69) is 10.1 Å². The Labute approximate surface area is 115 Å². The zero-order valence-electron chi connectivity index (χ0n) is 11.3. The van der Waals surface area contributed by atoms with Gasteiger partial charge in [-0.3, -0.25) is 0 Å². The zero-order chi connectivity index (χ0) is 14.3. The van der Waals surface area contributed by atoms with E-state index in [-0.39, 0.29) is 12.0 Å². The van der Waals surface area contributed by atoms with Gasteiger partial charge in [0.2, 0.25) is 0 Å². The quantitative estimate of drug-likeness (QED) is 0.866. The number of halogens is 2. The standard InChI is InChI=1S/C14H15F2N3O/c1-9-10(2)20-14(9,6-19-8-17-7-18-19)12-4-3-11(15)5-13(12)16/h3-5,7-10H,6H2,1-2H3. The number of hydrogen-bond donors (Lipinski definition) is 0. The summed E-state index contributed by atoms with van der Waals surface area (Å²) >= 11 is 0. The van der Waals surface area contributed by atoms with Gasteiger partial charge in [0.15, 0.2) is 0 Å². The van der Waals surface area contributed by atoms with Crippen molar-refractivity contribution in [2.75, 3.05) is 0 Å². The third kappa shape index (κ3) is 1.91. The van der Waals surface area contributed by atoms with Crippen LogP contribution in [-0.2, 0) is 16.9 Å². The van der Waals surface area contributed by atoms with Crippen molar-refractivity contribution in [1.29, 1.82) is 0 Å². The third-order valence-corrected chi connectivity index (χ3v) is 4.09. The summed E-state index contributed by atoms with van der Waals surface area (Å²) in [5.74, 6) is -1.10. The summed E-state index contributed by atoms with van der Waals surface area (Å²) in [4.78, 5) is 3.88. The Morgan fingerprint density at radius 3 is 2.70 bits per heavy atom. The van der Waals surface area contributed by atoms with Crippen molar-refractivity contribution < 1.29 is 13.5 Å². The molecule has 1 fully saturated rings. The average Bonchev–Trinajstić information content (AvgIpc) is 2.90. The molecule has 0 bridgehead atoms. The second kappa shape index (κ2) is 4.63. The van der Waals surface area contributed by atoms with Gasteiger partial charge in [-0.05, 0) is 13.0 Å². The summed E-state index contributed by atoms with van der Waals surface area (Å²) in [5, 5.41) is 4.04. The molecule has 0 saturated carbocycles. The van der Waals surface area contributed by atoms with E-state index in [9.17, 15) is 8.78 Å². The SMILES string of the molecule is CC1OC(Cn2cncn2)(c2ccc(F)cc2F)C1C. The molecule has 3 unspecified atom stereocenters. The molecular formula is C14H15F2N3O. The first-order valence-electron chi connectivity index (χ1n) is 6.49. The molecule has 1 aliphatic heterocycles.